The second kappa shape index (κ2) is 8.14. The highest BCUT2D eigenvalue weighted by molar-refractivity contribution is 5.88. The molecular formula is C16H21NO2. The lowest BCUT2D eigenvalue weighted by Gasteiger charge is -2.15. The number of benzene rings is 1. The van der Waals surface area contributed by atoms with Crippen molar-refractivity contribution in [3.8, 4) is 5.75 Å². The Kier molecular flexibility index (Phi) is 6.44. The lowest BCUT2D eigenvalue weighted by molar-refractivity contribution is -0.125. The van der Waals surface area contributed by atoms with Gasteiger partial charge in [0.2, 0.25) is 5.91 Å². The Hall–Kier alpha value is -2.03. The molecule has 3 heteroatoms. The number of ether oxygens (including phenoxy) is 1. The zero-order chi connectivity index (χ0) is 14.1. The number of hydrogen-bond acceptors (Lipinski definition) is 2. The van der Waals surface area contributed by atoms with Crippen LogP contribution < -0.4 is 4.74 Å². The molecule has 0 atom stereocenters. The van der Waals surface area contributed by atoms with Crippen LogP contribution in [0.3, 0.4) is 0 Å². The van der Waals surface area contributed by atoms with Crippen molar-refractivity contribution in [1.82, 2.24) is 4.90 Å². The number of likely N-dealkylation sites (N-methyl/N-ethyl adjacent to an activating group) is 1. The van der Waals surface area contributed by atoms with Crippen molar-refractivity contribution in [1.29, 1.82) is 0 Å². The number of hydrogen-bond donors (Lipinski definition) is 0. The van der Waals surface area contributed by atoms with E-state index >= 15 is 0 Å². The van der Waals surface area contributed by atoms with Crippen molar-refractivity contribution in [2.24, 2.45) is 0 Å². The van der Waals surface area contributed by atoms with Gasteiger partial charge in [0.15, 0.2) is 0 Å². The van der Waals surface area contributed by atoms with E-state index in [1.807, 2.05) is 50.3 Å². The van der Waals surface area contributed by atoms with Gasteiger partial charge < -0.3 is 9.64 Å². The van der Waals surface area contributed by atoms with Crippen molar-refractivity contribution in [3.05, 3.63) is 48.1 Å². The molecule has 0 aliphatic carbocycles. The van der Waals surface area contributed by atoms with E-state index in [4.69, 9.17) is 4.74 Å². The summed E-state index contributed by atoms with van der Waals surface area (Å²) in [7, 11) is 1.64. The molecule has 0 saturated carbocycles. The van der Waals surface area contributed by atoms with Gasteiger partial charge in [0.25, 0.3) is 0 Å². The molecule has 0 saturated heterocycles. The fourth-order valence-electron chi connectivity index (χ4n) is 1.69. The van der Waals surface area contributed by atoms with Crippen molar-refractivity contribution < 1.29 is 9.53 Å². The van der Waals surface area contributed by atoms with Crippen LogP contribution in [0.25, 0.3) is 6.08 Å². The van der Waals surface area contributed by atoms with Crippen LogP contribution in [0.2, 0.25) is 0 Å². The predicted octanol–water partition coefficient (Wildman–Crippen LogP) is 3.13. The Labute approximate surface area is 115 Å². The predicted molar refractivity (Wildman–Crippen MR) is 79.1 cm³/mol. The largest absolute Gasteiger partial charge is 0.497 e. The van der Waals surface area contributed by atoms with E-state index in [1.54, 1.807) is 24.2 Å². The molecule has 0 N–H and O–H groups in total. The van der Waals surface area contributed by atoms with Gasteiger partial charge in [-0.05, 0) is 31.5 Å². The first-order chi connectivity index (χ1) is 9.21. The van der Waals surface area contributed by atoms with Crippen LogP contribution >= 0.6 is 0 Å². The van der Waals surface area contributed by atoms with Crippen LogP contribution in [0.1, 0.15) is 19.4 Å². The third kappa shape index (κ3) is 5.00. The summed E-state index contributed by atoms with van der Waals surface area (Å²) in [6, 6.07) is 7.76. The number of carbonyl (C=O) groups is 1. The Morgan fingerprint density at radius 3 is 2.63 bits per heavy atom. The van der Waals surface area contributed by atoms with E-state index in [0.717, 1.165) is 24.4 Å². The van der Waals surface area contributed by atoms with Crippen molar-refractivity contribution in [2.45, 2.75) is 13.8 Å². The fraction of sp³-hybridized carbons (Fsp3) is 0.312. The van der Waals surface area contributed by atoms with Gasteiger partial charge in [0, 0.05) is 19.2 Å². The Morgan fingerprint density at radius 2 is 2.00 bits per heavy atom. The highest BCUT2D eigenvalue weighted by atomic mass is 16.5. The smallest absolute Gasteiger partial charge is 0.246 e. The Balaban J connectivity index is 2.60. The summed E-state index contributed by atoms with van der Waals surface area (Å²) in [5, 5.41) is 0. The van der Waals surface area contributed by atoms with Gasteiger partial charge in [0.1, 0.15) is 5.75 Å². The van der Waals surface area contributed by atoms with Crippen molar-refractivity contribution in [2.75, 3.05) is 20.2 Å². The molecular weight excluding hydrogens is 238 g/mol. The number of amides is 1. The molecule has 1 aromatic rings. The van der Waals surface area contributed by atoms with Gasteiger partial charge in [0.05, 0.1) is 7.11 Å². The maximum absolute atomic E-state index is 11.7. The molecule has 102 valence electrons. The maximum Gasteiger partial charge on any atom is 0.246 e. The van der Waals surface area contributed by atoms with E-state index in [1.165, 1.54) is 0 Å². The molecule has 1 aromatic carbocycles. The monoisotopic (exact) mass is 259 g/mol. The standard InChI is InChI=1S/C16H21NO2/c1-4-17(5-2)16(18)12-7-6-9-14-10-8-11-15(13-14)19-3/h6-13H,4-5H2,1-3H3/b9-6+,12-7+. The molecule has 19 heavy (non-hydrogen) atoms. The summed E-state index contributed by atoms with van der Waals surface area (Å²) in [6.07, 6.45) is 7.15. The zero-order valence-electron chi connectivity index (χ0n) is 11.8. The minimum atomic E-state index is 0.0419. The topological polar surface area (TPSA) is 29.5 Å². The first-order valence-corrected chi connectivity index (χ1v) is 6.49. The molecule has 1 amide bonds. The van der Waals surface area contributed by atoms with Crippen molar-refractivity contribution >= 4 is 12.0 Å². The summed E-state index contributed by atoms with van der Waals surface area (Å²) in [5.41, 5.74) is 1.04. The average Bonchev–Trinajstić information content (AvgIpc) is 2.45. The molecule has 1 rings (SSSR count). The highest BCUT2D eigenvalue weighted by Crippen LogP contribution is 2.13. The number of methoxy groups -OCH3 is 1. The minimum absolute atomic E-state index is 0.0419. The third-order valence-corrected chi connectivity index (χ3v) is 2.81. The number of rotatable bonds is 6. The van der Waals surface area contributed by atoms with Crippen LogP contribution in [0.4, 0.5) is 0 Å². The van der Waals surface area contributed by atoms with Gasteiger partial charge in [-0.1, -0.05) is 30.4 Å². The Morgan fingerprint density at radius 1 is 1.26 bits per heavy atom. The maximum atomic E-state index is 11.7. The minimum Gasteiger partial charge on any atom is -0.497 e. The molecule has 0 aliphatic heterocycles. The van der Waals surface area contributed by atoms with E-state index < -0.39 is 0 Å². The molecule has 0 aliphatic rings. The third-order valence-electron chi connectivity index (χ3n) is 2.81. The molecule has 0 heterocycles. The number of carbonyl (C=O) groups excluding carboxylic acids is 1. The second-order valence-corrected chi connectivity index (χ2v) is 4.01. The molecule has 0 aromatic heterocycles. The van der Waals surface area contributed by atoms with Crippen LogP contribution in [-0.2, 0) is 4.79 Å². The van der Waals surface area contributed by atoms with E-state index in [9.17, 15) is 4.79 Å². The SMILES string of the molecule is CCN(CC)C(=O)/C=C/C=C/c1cccc(OC)c1. The van der Waals surface area contributed by atoms with Gasteiger partial charge in [-0.25, -0.2) is 0 Å². The van der Waals surface area contributed by atoms with Crippen LogP contribution in [0, 0.1) is 0 Å². The zero-order valence-corrected chi connectivity index (χ0v) is 11.8. The lowest BCUT2D eigenvalue weighted by Crippen LogP contribution is -2.28. The molecule has 0 spiro atoms. The van der Waals surface area contributed by atoms with Gasteiger partial charge in [-0.15, -0.1) is 0 Å². The van der Waals surface area contributed by atoms with Crippen molar-refractivity contribution in [3.63, 3.8) is 0 Å². The normalized spacial score (nSPS) is 11.1. The summed E-state index contributed by atoms with van der Waals surface area (Å²) >= 11 is 0. The summed E-state index contributed by atoms with van der Waals surface area (Å²) in [6.45, 7) is 5.42. The van der Waals surface area contributed by atoms with E-state index in [0.29, 0.717) is 0 Å². The molecule has 0 fully saturated rings. The summed E-state index contributed by atoms with van der Waals surface area (Å²) in [4.78, 5) is 13.5. The summed E-state index contributed by atoms with van der Waals surface area (Å²) in [5.74, 6) is 0.866. The van der Waals surface area contributed by atoms with Crippen LogP contribution in [0.15, 0.2) is 42.5 Å². The summed E-state index contributed by atoms with van der Waals surface area (Å²) < 4.78 is 5.15. The van der Waals surface area contributed by atoms with E-state index in [2.05, 4.69) is 0 Å². The fourth-order valence-corrected chi connectivity index (χ4v) is 1.69. The number of allylic oxidation sites excluding steroid dienone is 2. The van der Waals surface area contributed by atoms with Gasteiger partial charge >= 0.3 is 0 Å². The highest BCUT2D eigenvalue weighted by Gasteiger charge is 2.03. The second-order valence-electron chi connectivity index (χ2n) is 4.01. The molecule has 0 radical (unpaired) electrons. The number of nitrogens with zero attached hydrogens (tertiary/aromatic N) is 1. The van der Waals surface area contributed by atoms with Crippen LogP contribution in [0.5, 0.6) is 5.75 Å². The molecule has 0 unspecified atom stereocenters. The first-order valence-electron chi connectivity index (χ1n) is 6.49. The van der Waals surface area contributed by atoms with Gasteiger partial charge in [-0.2, -0.15) is 0 Å². The first kappa shape index (κ1) is 15.0. The Bertz CT molecular complexity index is 460. The quantitative estimate of drug-likeness (QED) is 0.580. The van der Waals surface area contributed by atoms with Crippen LogP contribution in [-0.4, -0.2) is 31.0 Å². The van der Waals surface area contributed by atoms with Gasteiger partial charge in [-0.3, -0.25) is 4.79 Å². The average molecular weight is 259 g/mol. The van der Waals surface area contributed by atoms with E-state index in [-0.39, 0.29) is 5.91 Å². The molecule has 3 nitrogen and oxygen atoms in total. The molecule has 0 bridgehead atoms. The lowest BCUT2D eigenvalue weighted by atomic mass is 10.2.